The van der Waals surface area contributed by atoms with E-state index in [1.165, 1.54) is 11.3 Å². The number of aromatic carboxylic acids is 1. The first kappa shape index (κ1) is 21.2. The van der Waals surface area contributed by atoms with Crippen LogP contribution >= 0.6 is 19.6 Å². The molecule has 2 N–H and O–H groups in total. The van der Waals surface area contributed by atoms with Gasteiger partial charge in [-0.1, -0.05) is 31.2 Å². The molecule has 29 heavy (non-hydrogen) atoms. The summed E-state index contributed by atoms with van der Waals surface area (Å²) in [5.41, 5.74) is 1.00. The molecule has 8 heteroatoms. The van der Waals surface area contributed by atoms with Gasteiger partial charge in [-0.2, -0.15) is 0 Å². The van der Waals surface area contributed by atoms with Gasteiger partial charge in [0.05, 0.1) is 6.61 Å². The molecular weight excluding hydrogens is 409 g/mol. The molecule has 0 aliphatic rings. The fraction of sp³-hybridized carbons (Fsp3) is 0.238. The lowest BCUT2D eigenvalue weighted by atomic mass is 10.2. The Morgan fingerprint density at radius 3 is 2.66 bits per heavy atom. The second-order valence-corrected chi connectivity index (χ2v) is 8.94. The Kier molecular flexibility index (Phi) is 7.58. The van der Waals surface area contributed by atoms with Crippen LogP contribution in [0.3, 0.4) is 0 Å². The standard InChI is InChI=1S/C21H22NO5PS/c1-2-10-26-20(23)13-22-28(27-17-6-4-3-5-7-17)14-15-8-9-18-16(11-15)12-19(29-18)21(24)25/h3-9,11-12,22H,2,10,13-14H2,1H3,(H,24,25). The summed E-state index contributed by atoms with van der Waals surface area (Å²) in [4.78, 5) is 23.4. The number of carbonyl (C=O) groups is 2. The molecule has 1 heterocycles. The van der Waals surface area contributed by atoms with E-state index >= 15 is 0 Å². The highest BCUT2D eigenvalue weighted by Crippen LogP contribution is 2.39. The van der Waals surface area contributed by atoms with Gasteiger partial charge in [-0.3, -0.25) is 9.88 Å². The minimum Gasteiger partial charge on any atom is -0.477 e. The number of benzene rings is 2. The van der Waals surface area contributed by atoms with Gasteiger partial charge in [-0.15, -0.1) is 11.3 Å². The average molecular weight is 431 g/mol. The molecule has 0 spiro atoms. The highest BCUT2D eigenvalue weighted by molar-refractivity contribution is 7.50. The number of carboxylic acid groups (broad SMARTS) is 1. The highest BCUT2D eigenvalue weighted by atomic mass is 32.1. The van der Waals surface area contributed by atoms with Crippen LogP contribution in [0.15, 0.2) is 54.6 Å². The van der Waals surface area contributed by atoms with Crippen LogP contribution in [0, 0.1) is 0 Å². The Hall–Kier alpha value is -2.47. The fourth-order valence-corrected chi connectivity index (χ4v) is 4.94. The monoisotopic (exact) mass is 431 g/mol. The maximum Gasteiger partial charge on any atom is 0.345 e. The van der Waals surface area contributed by atoms with Crippen molar-refractivity contribution >= 4 is 41.7 Å². The molecule has 152 valence electrons. The third kappa shape index (κ3) is 6.26. The summed E-state index contributed by atoms with van der Waals surface area (Å²) >= 11 is 1.26. The average Bonchev–Trinajstić information content (AvgIpc) is 3.15. The number of rotatable bonds is 10. The number of esters is 1. The van der Waals surface area contributed by atoms with Crippen LogP contribution in [0.1, 0.15) is 28.6 Å². The number of hydrogen-bond acceptors (Lipinski definition) is 6. The van der Waals surface area contributed by atoms with Gasteiger partial charge < -0.3 is 14.4 Å². The predicted octanol–water partition coefficient (Wildman–Crippen LogP) is 5.03. The molecule has 0 saturated heterocycles. The fourth-order valence-electron chi connectivity index (χ4n) is 2.61. The molecule has 1 atom stereocenters. The number of carbonyl (C=O) groups excluding carboxylic acids is 1. The Balaban J connectivity index is 1.73. The molecule has 1 unspecified atom stereocenters. The van der Waals surface area contributed by atoms with Crippen molar-refractivity contribution in [1.82, 2.24) is 5.09 Å². The van der Waals surface area contributed by atoms with Crippen molar-refractivity contribution < 1.29 is 24.0 Å². The van der Waals surface area contributed by atoms with Gasteiger partial charge in [0.25, 0.3) is 0 Å². The zero-order valence-corrected chi connectivity index (χ0v) is 17.7. The second-order valence-electron chi connectivity index (χ2n) is 6.28. The van der Waals surface area contributed by atoms with Gasteiger partial charge in [0.15, 0.2) is 8.30 Å². The Morgan fingerprint density at radius 1 is 1.14 bits per heavy atom. The first-order chi connectivity index (χ1) is 14.0. The van der Waals surface area contributed by atoms with E-state index in [9.17, 15) is 14.7 Å². The van der Waals surface area contributed by atoms with E-state index in [1.807, 2.05) is 55.5 Å². The molecule has 2 aromatic carbocycles. The number of hydrogen-bond donors (Lipinski definition) is 2. The van der Waals surface area contributed by atoms with Crippen molar-refractivity contribution in [3.63, 3.8) is 0 Å². The molecule has 6 nitrogen and oxygen atoms in total. The zero-order valence-electron chi connectivity index (χ0n) is 16.0. The maximum absolute atomic E-state index is 11.9. The second kappa shape index (κ2) is 10.3. The lowest BCUT2D eigenvalue weighted by molar-refractivity contribution is -0.142. The smallest absolute Gasteiger partial charge is 0.345 e. The maximum atomic E-state index is 11.9. The third-order valence-corrected chi connectivity index (χ3v) is 6.64. The molecule has 3 rings (SSSR count). The van der Waals surface area contributed by atoms with Crippen LogP contribution in [0.5, 0.6) is 5.75 Å². The largest absolute Gasteiger partial charge is 0.477 e. The summed E-state index contributed by atoms with van der Waals surface area (Å²) in [5, 5.41) is 13.3. The van der Waals surface area contributed by atoms with Gasteiger partial charge in [0, 0.05) is 10.9 Å². The van der Waals surface area contributed by atoms with Gasteiger partial charge in [0.2, 0.25) is 0 Å². The van der Waals surface area contributed by atoms with Gasteiger partial charge in [0.1, 0.15) is 17.2 Å². The quantitative estimate of drug-likeness (QED) is 0.346. The number of nitrogens with one attached hydrogen (secondary N) is 1. The number of fused-ring (bicyclic) bond motifs is 1. The van der Waals surface area contributed by atoms with Crippen LogP contribution in [-0.2, 0) is 15.7 Å². The van der Waals surface area contributed by atoms with E-state index < -0.39 is 14.3 Å². The van der Waals surface area contributed by atoms with Crippen molar-refractivity contribution in [1.29, 1.82) is 0 Å². The van der Waals surface area contributed by atoms with Gasteiger partial charge in [-0.25, -0.2) is 4.79 Å². The molecule has 3 aromatic rings. The third-order valence-electron chi connectivity index (χ3n) is 3.94. The topological polar surface area (TPSA) is 84.9 Å². The van der Waals surface area contributed by atoms with Gasteiger partial charge in [-0.05, 0) is 47.7 Å². The molecule has 0 radical (unpaired) electrons. The molecule has 0 aliphatic carbocycles. The summed E-state index contributed by atoms with van der Waals surface area (Å²) < 4.78 is 12.1. The highest BCUT2D eigenvalue weighted by Gasteiger charge is 2.16. The lowest BCUT2D eigenvalue weighted by Gasteiger charge is -2.19. The van der Waals surface area contributed by atoms with E-state index in [2.05, 4.69) is 5.09 Å². The van der Waals surface area contributed by atoms with Crippen molar-refractivity contribution in [2.75, 3.05) is 13.2 Å². The molecular formula is C21H22NO5PS. The molecule has 0 aliphatic heterocycles. The van der Waals surface area contributed by atoms with E-state index in [0.717, 1.165) is 27.8 Å². The number of thiophene rings is 1. The predicted molar refractivity (Wildman–Crippen MR) is 116 cm³/mol. The Labute approximate surface area is 174 Å². The summed E-state index contributed by atoms with van der Waals surface area (Å²) in [6.07, 6.45) is 1.35. The van der Waals surface area contributed by atoms with Crippen molar-refractivity contribution in [2.24, 2.45) is 0 Å². The van der Waals surface area contributed by atoms with E-state index in [-0.39, 0.29) is 12.5 Å². The van der Waals surface area contributed by atoms with Crippen LogP contribution in [-0.4, -0.2) is 30.2 Å². The summed E-state index contributed by atoms with van der Waals surface area (Å²) in [7, 11) is -1.19. The summed E-state index contributed by atoms with van der Waals surface area (Å²) in [6.45, 7) is 2.42. The normalized spacial score (nSPS) is 11.9. The van der Waals surface area contributed by atoms with Crippen molar-refractivity contribution in [3.05, 3.63) is 65.0 Å². The van der Waals surface area contributed by atoms with Gasteiger partial charge >= 0.3 is 11.9 Å². The number of para-hydroxylation sites is 1. The van der Waals surface area contributed by atoms with Crippen LogP contribution in [0.2, 0.25) is 0 Å². The minimum absolute atomic E-state index is 0.0718. The minimum atomic E-state index is -1.19. The lowest BCUT2D eigenvalue weighted by Crippen LogP contribution is -2.23. The van der Waals surface area contributed by atoms with E-state index in [0.29, 0.717) is 17.6 Å². The zero-order chi connectivity index (χ0) is 20.6. The first-order valence-electron chi connectivity index (χ1n) is 9.20. The van der Waals surface area contributed by atoms with Crippen LogP contribution < -0.4 is 9.61 Å². The Morgan fingerprint density at radius 2 is 1.93 bits per heavy atom. The number of ether oxygens (including phenoxy) is 1. The van der Waals surface area contributed by atoms with Crippen molar-refractivity contribution in [2.45, 2.75) is 19.5 Å². The molecule has 0 amide bonds. The molecule has 0 fully saturated rings. The first-order valence-corrected chi connectivity index (χ1v) is 11.5. The molecule has 0 saturated carbocycles. The van der Waals surface area contributed by atoms with Crippen molar-refractivity contribution in [3.8, 4) is 5.75 Å². The van der Waals surface area contributed by atoms with E-state index in [4.69, 9.17) is 9.26 Å². The van der Waals surface area contributed by atoms with Crippen LogP contribution in [0.25, 0.3) is 10.1 Å². The molecule has 0 bridgehead atoms. The van der Waals surface area contributed by atoms with Crippen LogP contribution in [0.4, 0.5) is 0 Å². The Bertz CT molecular complexity index is 976. The number of carboxylic acids is 1. The summed E-state index contributed by atoms with van der Waals surface area (Å²) in [5.74, 6) is -0.511. The summed E-state index contributed by atoms with van der Waals surface area (Å²) in [6, 6.07) is 17.0. The molecule has 1 aromatic heterocycles. The van der Waals surface area contributed by atoms with E-state index in [1.54, 1.807) is 6.07 Å². The SMILES string of the molecule is CCCOC(=O)CNP(Cc1ccc2sc(C(=O)O)cc2c1)Oc1ccccc1.